The minimum atomic E-state index is 0.341. The first-order valence-corrected chi connectivity index (χ1v) is 6.92. The van der Waals surface area contributed by atoms with Crippen LogP contribution in [0.1, 0.15) is 37.8 Å². The average molecular weight is 265 g/mol. The Hall–Kier alpha value is -1.42. The molecule has 1 aromatic carbocycles. The monoisotopic (exact) mass is 265 g/mol. The Morgan fingerprint density at radius 2 is 1.89 bits per heavy atom. The number of hydrogen-bond donors (Lipinski definition) is 1. The van der Waals surface area contributed by atoms with E-state index >= 15 is 0 Å². The smallest absolute Gasteiger partial charge is 0.164 e. The van der Waals surface area contributed by atoms with Crippen LogP contribution in [0, 0.1) is 0 Å². The Morgan fingerprint density at radius 1 is 1.11 bits per heavy atom. The Kier molecular flexibility index (Phi) is 4.91. The third-order valence-electron chi connectivity index (χ3n) is 3.50. The van der Waals surface area contributed by atoms with Crippen molar-refractivity contribution in [3.8, 4) is 17.2 Å². The average Bonchev–Trinajstić information content (AvgIpc) is 2.48. The molecule has 19 heavy (non-hydrogen) atoms. The van der Waals surface area contributed by atoms with Gasteiger partial charge in [0.25, 0.3) is 0 Å². The van der Waals surface area contributed by atoms with Gasteiger partial charge in [-0.2, -0.15) is 0 Å². The molecule has 106 valence electrons. The first-order chi connectivity index (χ1) is 9.30. The van der Waals surface area contributed by atoms with Crippen molar-refractivity contribution in [1.29, 1.82) is 0 Å². The quantitative estimate of drug-likeness (QED) is 0.888. The van der Waals surface area contributed by atoms with Gasteiger partial charge >= 0.3 is 0 Å². The normalized spacial score (nSPS) is 19.0. The van der Waals surface area contributed by atoms with Gasteiger partial charge < -0.3 is 19.5 Å². The molecule has 1 N–H and O–H groups in total. The maximum atomic E-state index is 5.65. The number of methoxy groups -OCH3 is 2. The predicted octanol–water partition coefficient (Wildman–Crippen LogP) is 2.92. The highest BCUT2D eigenvalue weighted by molar-refractivity contribution is 5.52. The maximum Gasteiger partial charge on any atom is 0.164 e. The second kappa shape index (κ2) is 6.66. The summed E-state index contributed by atoms with van der Waals surface area (Å²) in [6.07, 6.45) is 3.62. The predicted molar refractivity (Wildman–Crippen MR) is 75.3 cm³/mol. The number of nitrogens with one attached hydrogen (secondary N) is 1. The van der Waals surface area contributed by atoms with E-state index < -0.39 is 0 Å². The number of hydrogen-bond acceptors (Lipinski definition) is 4. The van der Waals surface area contributed by atoms with Gasteiger partial charge in [-0.1, -0.05) is 6.42 Å². The third-order valence-corrected chi connectivity index (χ3v) is 3.50. The van der Waals surface area contributed by atoms with Crippen LogP contribution in [0.15, 0.2) is 12.1 Å². The molecule has 1 aliphatic rings. The zero-order valence-electron chi connectivity index (χ0n) is 12.0. The van der Waals surface area contributed by atoms with E-state index in [0.717, 1.165) is 35.8 Å². The van der Waals surface area contributed by atoms with E-state index in [1.54, 1.807) is 14.2 Å². The van der Waals surface area contributed by atoms with Crippen LogP contribution in [0.5, 0.6) is 17.2 Å². The number of rotatable bonds is 5. The van der Waals surface area contributed by atoms with Crippen LogP contribution < -0.4 is 19.5 Å². The van der Waals surface area contributed by atoms with Crippen LogP contribution >= 0.6 is 0 Å². The molecule has 0 bridgehead atoms. The van der Waals surface area contributed by atoms with Crippen molar-refractivity contribution < 1.29 is 14.2 Å². The summed E-state index contributed by atoms with van der Waals surface area (Å²) in [6.45, 7) is 3.66. The van der Waals surface area contributed by atoms with Crippen LogP contribution in [-0.2, 0) is 0 Å². The second-order valence-corrected chi connectivity index (χ2v) is 4.68. The lowest BCUT2D eigenvalue weighted by Gasteiger charge is -2.26. The van der Waals surface area contributed by atoms with Crippen molar-refractivity contribution in [1.82, 2.24) is 5.32 Å². The van der Waals surface area contributed by atoms with E-state index in [2.05, 4.69) is 5.32 Å². The molecule has 0 saturated carbocycles. The van der Waals surface area contributed by atoms with Gasteiger partial charge in [0, 0.05) is 17.7 Å². The minimum absolute atomic E-state index is 0.341. The highest BCUT2D eigenvalue weighted by Gasteiger charge is 2.21. The summed E-state index contributed by atoms with van der Waals surface area (Å²) >= 11 is 0. The molecule has 0 amide bonds. The molecule has 1 fully saturated rings. The Bertz CT molecular complexity index is 414. The Balaban J connectivity index is 2.36. The summed E-state index contributed by atoms with van der Waals surface area (Å²) in [5.74, 6) is 2.37. The molecular weight excluding hydrogens is 242 g/mol. The summed E-state index contributed by atoms with van der Waals surface area (Å²) in [7, 11) is 3.34. The second-order valence-electron chi connectivity index (χ2n) is 4.68. The summed E-state index contributed by atoms with van der Waals surface area (Å²) in [5.41, 5.74) is 1.16. The van der Waals surface area contributed by atoms with E-state index in [1.807, 2.05) is 19.1 Å². The number of piperidine rings is 1. The largest absolute Gasteiger partial charge is 0.496 e. The first kappa shape index (κ1) is 14.0. The molecule has 0 aliphatic carbocycles. The third kappa shape index (κ3) is 3.13. The molecule has 0 aromatic heterocycles. The molecule has 1 aromatic rings. The zero-order valence-corrected chi connectivity index (χ0v) is 12.0. The summed E-state index contributed by atoms with van der Waals surface area (Å²) in [6, 6.07) is 4.30. The molecule has 1 saturated heterocycles. The van der Waals surface area contributed by atoms with Crippen LogP contribution in [0.25, 0.3) is 0 Å². The SMILES string of the molecule is CCOc1cc(C2CCCCN2)c(OC)cc1OC. The Labute approximate surface area is 115 Å². The van der Waals surface area contributed by atoms with Crippen molar-refractivity contribution in [2.45, 2.75) is 32.2 Å². The van der Waals surface area contributed by atoms with Gasteiger partial charge in [-0.15, -0.1) is 0 Å². The Morgan fingerprint density at radius 3 is 2.47 bits per heavy atom. The zero-order chi connectivity index (χ0) is 13.7. The van der Waals surface area contributed by atoms with E-state index in [0.29, 0.717) is 12.6 Å². The van der Waals surface area contributed by atoms with E-state index in [-0.39, 0.29) is 0 Å². The molecule has 1 aliphatic heterocycles. The van der Waals surface area contributed by atoms with E-state index in [4.69, 9.17) is 14.2 Å². The summed E-state index contributed by atoms with van der Waals surface area (Å²) in [5, 5.41) is 3.54. The van der Waals surface area contributed by atoms with Gasteiger partial charge in [0.2, 0.25) is 0 Å². The maximum absolute atomic E-state index is 5.65. The first-order valence-electron chi connectivity index (χ1n) is 6.92. The fourth-order valence-corrected chi connectivity index (χ4v) is 2.55. The van der Waals surface area contributed by atoms with E-state index in [1.165, 1.54) is 12.8 Å². The van der Waals surface area contributed by atoms with Crippen LogP contribution in [-0.4, -0.2) is 27.4 Å². The van der Waals surface area contributed by atoms with Crippen molar-refractivity contribution in [3.05, 3.63) is 17.7 Å². The van der Waals surface area contributed by atoms with Crippen molar-refractivity contribution in [2.75, 3.05) is 27.4 Å². The van der Waals surface area contributed by atoms with E-state index in [9.17, 15) is 0 Å². The molecule has 4 nitrogen and oxygen atoms in total. The van der Waals surface area contributed by atoms with Crippen LogP contribution in [0.3, 0.4) is 0 Å². The molecule has 1 atom stereocenters. The number of benzene rings is 1. The van der Waals surface area contributed by atoms with Gasteiger partial charge in [-0.25, -0.2) is 0 Å². The van der Waals surface area contributed by atoms with Gasteiger partial charge in [0.1, 0.15) is 5.75 Å². The lowest BCUT2D eigenvalue weighted by Crippen LogP contribution is -2.27. The summed E-state index contributed by atoms with van der Waals surface area (Å²) in [4.78, 5) is 0. The molecule has 1 unspecified atom stereocenters. The fourth-order valence-electron chi connectivity index (χ4n) is 2.55. The topological polar surface area (TPSA) is 39.7 Å². The highest BCUT2D eigenvalue weighted by atomic mass is 16.5. The van der Waals surface area contributed by atoms with Crippen molar-refractivity contribution >= 4 is 0 Å². The van der Waals surface area contributed by atoms with Gasteiger partial charge in [0.15, 0.2) is 11.5 Å². The van der Waals surface area contributed by atoms with Crippen molar-refractivity contribution in [2.24, 2.45) is 0 Å². The molecular formula is C15H23NO3. The molecule has 2 rings (SSSR count). The molecule has 0 radical (unpaired) electrons. The van der Waals surface area contributed by atoms with Gasteiger partial charge in [-0.3, -0.25) is 0 Å². The lowest BCUT2D eigenvalue weighted by molar-refractivity contribution is 0.305. The van der Waals surface area contributed by atoms with Crippen LogP contribution in [0.4, 0.5) is 0 Å². The standard InChI is InChI=1S/C15H23NO3/c1-4-19-15-9-11(12-7-5-6-8-16-12)13(17-2)10-14(15)18-3/h9-10,12,16H,4-8H2,1-3H3. The molecule has 4 heteroatoms. The molecule has 0 spiro atoms. The van der Waals surface area contributed by atoms with Crippen molar-refractivity contribution in [3.63, 3.8) is 0 Å². The van der Waals surface area contributed by atoms with Gasteiger partial charge in [0.05, 0.1) is 20.8 Å². The fraction of sp³-hybridized carbons (Fsp3) is 0.600. The minimum Gasteiger partial charge on any atom is -0.496 e. The number of ether oxygens (including phenoxy) is 3. The summed E-state index contributed by atoms with van der Waals surface area (Å²) < 4.78 is 16.5. The van der Waals surface area contributed by atoms with Gasteiger partial charge in [-0.05, 0) is 32.4 Å². The molecule has 1 heterocycles. The van der Waals surface area contributed by atoms with Crippen LogP contribution in [0.2, 0.25) is 0 Å². The lowest BCUT2D eigenvalue weighted by atomic mass is 9.96. The highest BCUT2D eigenvalue weighted by Crippen LogP contribution is 2.39.